The fourth-order valence-electron chi connectivity index (χ4n) is 2.70. The monoisotopic (exact) mass is 154 g/mol. The first-order valence-electron chi connectivity index (χ1n) is 4.91. The average molecular weight is 154 g/mol. The van der Waals surface area contributed by atoms with Gasteiger partial charge in [0.05, 0.1) is 12.2 Å². The highest BCUT2D eigenvalue weighted by Gasteiger charge is 2.40. The molecule has 2 fully saturated rings. The van der Waals surface area contributed by atoms with Crippen LogP contribution < -0.4 is 0 Å². The average Bonchev–Trinajstić information content (AvgIpc) is 2.45. The number of hydrogen-bond donors (Lipinski definition) is 0. The Morgan fingerprint density at radius 2 is 2.00 bits per heavy atom. The lowest BCUT2D eigenvalue weighted by molar-refractivity contribution is -0.0222. The Kier molecular flexibility index (Phi) is 1.92. The SMILES string of the molecule is CC(C)O[C@@H]1C[C@H]2CC[C@@H]1C2. The van der Waals surface area contributed by atoms with Gasteiger partial charge in [0.2, 0.25) is 0 Å². The van der Waals surface area contributed by atoms with Crippen molar-refractivity contribution >= 4 is 0 Å². The summed E-state index contributed by atoms with van der Waals surface area (Å²) in [7, 11) is 0. The molecule has 0 spiro atoms. The quantitative estimate of drug-likeness (QED) is 0.594. The molecule has 64 valence electrons. The Morgan fingerprint density at radius 1 is 1.18 bits per heavy atom. The van der Waals surface area contributed by atoms with Crippen molar-refractivity contribution in [2.24, 2.45) is 11.8 Å². The second kappa shape index (κ2) is 2.78. The number of rotatable bonds is 2. The molecule has 1 nitrogen and oxygen atoms in total. The minimum absolute atomic E-state index is 0.430. The van der Waals surface area contributed by atoms with Crippen LogP contribution in [0, 0.1) is 11.8 Å². The molecule has 1 heteroatoms. The molecule has 3 atom stereocenters. The maximum atomic E-state index is 5.85. The zero-order valence-electron chi connectivity index (χ0n) is 7.55. The van der Waals surface area contributed by atoms with Crippen LogP contribution >= 0.6 is 0 Å². The maximum Gasteiger partial charge on any atom is 0.0609 e. The lowest BCUT2D eigenvalue weighted by Gasteiger charge is -2.24. The van der Waals surface area contributed by atoms with Crippen molar-refractivity contribution in [3.8, 4) is 0 Å². The van der Waals surface area contributed by atoms with E-state index in [4.69, 9.17) is 4.74 Å². The highest BCUT2D eigenvalue weighted by Crippen LogP contribution is 2.46. The summed E-state index contributed by atoms with van der Waals surface area (Å²) in [6, 6.07) is 0. The van der Waals surface area contributed by atoms with E-state index in [1.807, 2.05) is 0 Å². The highest BCUT2D eigenvalue weighted by atomic mass is 16.5. The van der Waals surface area contributed by atoms with Gasteiger partial charge in [-0.15, -0.1) is 0 Å². The molecule has 11 heavy (non-hydrogen) atoms. The Balaban J connectivity index is 1.87. The van der Waals surface area contributed by atoms with Crippen LogP contribution in [-0.4, -0.2) is 12.2 Å². The van der Waals surface area contributed by atoms with E-state index < -0.39 is 0 Å². The van der Waals surface area contributed by atoms with Crippen molar-refractivity contribution in [3.05, 3.63) is 0 Å². The summed E-state index contributed by atoms with van der Waals surface area (Å²) < 4.78 is 5.85. The van der Waals surface area contributed by atoms with Gasteiger partial charge in [-0.3, -0.25) is 0 Å². The first-order valence-corrected chi connectivity index (χ1v) is 4.91. The maximum absolute atomic E-state index is 5.85. The van der Waals surface area contributed by atoms with E-state index in [0.717, 1.165) is 11.8 Å². The third-order valence-corrected chi connectivity index (χ3v) is 3.12. The van der Waals surface area contributed by atoms with Gasteiger partial charge in [0.1, 0.15) is 0 Å². The highest BCUT2D eigenvalue weighted by molar-refractivity contribution is 4.90. The lowest BCUT2D eigenvalue weighted by atomic mass is 9.98. The van der Waals surface area contributed by atoms with Crippen LogP contribution in [0.2, 0.25) is 0 Å². The third-order valence-electron chi connectivity index (χ3n) is 3.12. The summed E-state index contributed by atoms with van der Waals surface area (Å²) in [6.07, 6.45) is 6.76. The van der Waals surface area contributed by atoms with Crippen LogP contribution in [0.1, 0.15) is 39.5 Å². The molecule has 0 amide bonds. The van der Waals surface area contributed by atoms with E-state index in [0.29, 0.717) is 12.2 Å². The molecular formula is C10H18O. The molecule has 0 N–H and O–H groups in total. The molecule has 0 heterocycles. The Hall–Kier alpha value is -0.0400. The first kappa shape index (κ1) is 7.60. The van der Waals surface area contributed by atoms with E-state index in [9.17, 15) is 0 Å². The van der Waals surface area contributed by atoms with Gasteiger partial charge in [-0.25, -0.2) is 0 Å². The molecule has 0 aromatic rings. The fourth-order valence-corrected chi connectivity index (χ4v) is 2.70. The van der Waals surface area contributed by atoms with Gasteiger partial charge >= 0.3 is 0 Å². The van der Waals surface area contributed by atoms with Gasteiger partial charge in [0.25, 0.3) is 0 Å². The molecule has 2 saturated carbocycles. The molecule has 0 unspecified atom stereocenters. The zero-order valence-corrected chi connectivity index (χ0v) is 7.55. The molecule has 2 aliphatic carbocycles. The van der Waals surface area contributed by atoms with Gasteiger partial charge in [-0.2, -0.15) is 0 Å². The number of ether oxygens (including phenoxy) is 1. The van der Waals surface area contributed by atoms with E-state index in [-0.39, 0.29) is 0 Å². The number of hydrogen-bond acceptors (Lipinski definition) is 1. The van der Waals surface area contributed by atoms with E-state index in [1.165, 1.54) is 25.7 Å². The van der Waals surface area contributed by atoms with Crippen LogP contribution in [0.3, 0.4) is 0 Å². The normalized spacial score (nSPS) is 42.3. The van der Waals surface area contributed by atoms with Gasteiger partial charge < -0.3 is 4.74 Å². The van der Waals surface area contributed by atoms with Crippen molar-refractivity contribution in [3.63, 3.8) is 0 Å². The van der Waals surface area contributed by atoms with E-state index in [2.05, 4.69) is 13.8 Å². The summed E-state index contributed by atoms with van der Waals surface area (Å²) in [4.78, 5) is 0. The summed E-state index contributed by atoms with van der Waals surface area (Å²) in [5.41, 5.74) is 0. The molecule has 0 radical (unpaired) electrons. The van der Waals surface area contributed by atoms with Gasteiger partial charge in [-0.05, 0) is 51.4 Å². The molecule has 2 aliphatic rings. The molecule has 2 bridgehead atoms. The van der Waals surface area contributed by atoms with Crippen LogP contribution in [0.15, 0.2) is 0 Å². The Morgan fingerprint density at radius 3 is 2.45 bits per heavy atom. The summed E-state index contributed by atoms with van der Waals surface area (Å²) in [5.74, 6) is 1.94. The van der Waals surface area contributed by atoms with Gasteiger partial charge in [0, 0.05) is 0 Å². The van der Waals surface area contributed by atoms with E-state index in [1.54, 1.807) is 0 Å². The molecule has 0 aliphatic heterocycles. The van der Waals surface area contributed by atoms with E-state index >= 15 is 0 Å². The van der Waals surface area contributed by atoms with Crippen LogP contribution in [0.5, 0.6) is 0 Å². The second-order valence-electron chi connectivity index (χ2n) is 4.40. The molecule has 0 aromatic heterocycles. The van der Waals surface area contributed by atoms with Crippen LogP contribution in [0.25, 0.3) is 0 Å². The standard InChI is InChI=1S/C10H18O/c1-7(2)11-10-6-8-3-4-9(10)5-8/h7-10H,3-6H2,1-2H3/t8-,9+,10+/m0/s1. The topological polar surface area (TPSA) is 9.23 Å². The smallest absolute Gasteiger partial charge is 0.0609 e. The van der Waals surface area contributed by atoms with Crippen molar-refractivity contribution in [1.29, 1.82) is 0 Å². The predicted molar refractivity (Wildman–Crippen MR) is 45.5 cm³/mol. The minimum atomic E-state index is 0.430. The van der Waals surface area contributed by atoms with Crippen molar-refractivity contribution < 1.29 is 4.74 Å². The Bertz CT molecular complexity index is 142. The summed E-state index contributed by atoms with van der Waals surface area (Å²) >= 11 is 0. The largest absolute Gasteiger partial charge is 0.375 e. The van der Waals surface area contributed by atoms with Crippen molar-refractivity contribution in [2.75, 3.05) is 0 Å². The van der Waals surface area contributed by atoms with Crippen molar-refractivity contribution in [1.82, 2.24) is 0 Å². The van der Waals surface area contributed by atoms with Gasteiger partial charge in [0.15, 0.2) is 0 Å². The first-order chi connectivity index (χ1) is 5.25. The van der Waals surface area contributed by atoms with Crippen LogP contribution in [0.4, 0.5) is 0 Å². The second-order valence-corrected chi connectivity index (χ2v) is 4.40. The summed E-state index contributed by atoms with van der Waals surface area (Å²) in [6.45, 7) is 4.29. The van der Waals surface area contributed by atoms with Crippen LogP contribution in [-0.2, 0) is 4.74 Å². The summed E-state index contributed by atoms with van der Waals surface area (Å²) in [5, 5.41) is 0. The third kappa shape index (κ3) is 1.44. The molecular weight excluding hydrogens is 136 g/mol. The lowest BCUT2D eigenvalue weighted by Crippen LogP contribution is -2.23. The predicted octanol–water partition coefficient (Wildman–Crippen LogP) is 2.60. The molecule has 0 aromatic carbocycles. The number of fused-ring (bicyclic) bond motifs is 2. The fraction of sp³-hybridized carbons (Fsp3) is 1.00. The Labute approximate surface area is 69.1 Å². The molecule has 2 rings (SSSR count). The van der Waals surface area contributed by atoms with Gasteiger partial charge in [-0.1, -0.05) is 0 Å². The zero-order chi connectivity index (χ0) is 7.84. The van der Waals surface area contributed by atoms with Crippen molar-refractivity contribution in [2.45, 2.75) is 51.7 Å². The molecule has 0 saturated heterocycles. The minimum Gasteiger partial charge on any atom is -0.375 e.